The zero-order valence-corrected chi connectivity index (χ0v) is 11.9. The second-order valence-corrected chi connectivity index (χ2v) is 5.09. The van der Waals surface area contributed by atoms with Gasteiger partial charge in [-0.15, -0.1) is 0 Å². The molecule has 1 aliphatic rings. The molecule has 0 bridgehead atoms. The van der Waals surface area contributed by atoms with Crippen LogP contribution in [0.5, 0.6) is 0 Å². The predicted octanol–water partition coefficient (Wildman–Crippen LogP) is 0.424. The van der Waals surface area contributed by atoms with Crippen molar-refractivity contribution < 1.29 is 9.59 Å². The van der Waals surface area contributed by atoms with E-state index in [1.54, 1.807) is 0 Å². The number of unbranched alkanes of at least 4 members (excludes halogenated alkanes) is 1. The first-order valence-electron chi connectivity index (χ1n) is 7.11. The van der Waals surface area contributed by atoms with Gasteiger partial charge in [-0.3, -0.25) is 4.79 Å². The van der Waals surface area contributed by atoms with E-state index < -0.39 is 12.1 Å². The maximum absolute atomic E-state index is 12.5. The van der Waals surface area contributed by atoms with E-state index in [0.717, 1.165) is 38.8 Å². The second kappa shape index (κ2) is 7.99. The minimum absolute atomic E-state index is 0.00463. The molecular formula is C13H26N4O2. The first-order valence-corrected chi connectivity index (χ1v) is 7.11. The first-order chi connectivity index (χ1) is 9.10. The summed E-state index contributed by atoms with van der Waals surface area (Å²) in [5.74, 6) is 0.00463. The molecule has 3 amide bonds. The van der Waals surface area contributed by atoms with Crippen LogP contribution in [0.25, 0.3) is 0 Å². The van der Waals surface area contributed by atoms with Gasteiger partial charge in [-0.25, -0.2) is 4.79 Å². The highest BCUT2D eigenvalue weighted by Gasteiger charge is 2.32. The normalized spacial score (nSPS) is 20.3. The van der Waals surface area contributed by atoms with Gasteiger partial charge in [0.2, 0.25) is 5.91 Å². The third-order valence-electron chi connectivity index (χ3n) is 3.56. The van der Waals surface area contributed by atoms with E-state index in [9.17, 15) is 9.59 Å². The molecule has 0 aromatic heterocycles. The van der Waals surface area contributed by atoms with Crippen LogP contribution in [0.1, 0.15) is 39.0 Å². The molecule has 2 atom stereocenters. The molecule has 1 heterocycles. The average Bonchev–Trinajstić information content (AvgIpc) is 2.82. The van der Waals surface area contributed by atoms with Gasteiger partial charge in [0.1, 0.15) is 6.04 Å². The summed E-state index contributed by atoms with van der Waals surface area (Å²) >= 11 is 0. The van der Waals surface area contributed by atoms with Crippen LogP contribution >= 0.6 is 0 Å². The highest BCUT2D eigenvalue weighted by Crippen LogP contribution is 2.19. The van der Waals surface area contributed by atoms with Crippen LogP contribution in [0, 0.1) is 0 Å². The molecule has 1 rings (SSSR count). The summed E-state index contributed by atoms with van der Waals surface area (Å²) < 4.78 is 0. The van der Waals surface area contributed by atoms with E-state index in [4.69, 9.17) is 5.73 Å². The Morgan fingerprint density at radius 1 is 1.47 bits per heavy atom. The molecule has 0 saturated carbocycles. The van der Waals surface area contributed by atoms with Gasteiger partial charge >= 0.3 is 6.03 Å². The van der Waals surface area contributed by atoms with Crippen LogP contribution in [0.4, 0.5) is 4.79 Å². The van der Waals surface area contributed by atoms with Crippen LogP contribution in [0.3, 0.4) is 0 Å². The van der Waals surface area contributed by atoms with Crippen molar-refractivity contribution in [2.75, 3.05) is 20.1 Å². The Hall–Kier alpha value is -1.30. The van der Waals surface area contributed by atoms with E-state index in [0.29, 0.717) is 6.42 Å². The minimum Gasteiger partial charge on any atom is -0.352 e. The minimum atomic E-state index is -0.626. The van der Waals surface area contributed by atoms with E-state index in [1.807, 2.05) is 11.9 Å². The number of likely N-dealkylation sites (tertiary alicyclic amines) is 1. The third-order valence-corrected chi connectivity index (χ3v) is 3.56. The summed E-state index contributed by atoms with van der Waals surface area (Å²) in [6.45, 7) is 3.63. The molecule has 6 nitrogen and oxygen atoms in total. The lowest BCUT2D eigenvalue weighted by Crippen LogP contribution is -2.52. The molecule has 0 spiro atoms. The quantitative estimate of drug-likeness (QED) is 0.626. The van der Waals surface area contributed by atoms with Crippen molar-refractivity contribution in [3.63, 3.8) is 0 Å². The molecule has 1 saturated heterocycles. The Morgan fingerprint density at radius 2 is 2.21 bits per heavy atom. The number of primary amides is 1. The number of hydrogen-bond acceptors (Lipinski definition) is 3. The molecule has 4 N–H and O–H groups in total. The number of rotatable bonds is 7. The number of amides is 3. The molecule has 1 aliphatic heterocycles. The van der Waals surface area contributed by atoms with Crippen molar-refractivity contribution in [3.05, 3.63) is 0 Å². The highest BCUT2D eigenvalue weighted by molar-refractivity contribution is 5.87. The van der Waals surface area contributed by atoms with Gasteiger partial charge in [-0.2, -0.15) is 0 Å². The van der Waals surface area contributed by atoms with Gasteiger partial charge in [0.15, 0.2) is 0 Å². The van der Waals surface area contributed by atoms with Crippen LogP contribution in [0.2, 0.25) is 0 Å². The topological polar surface area (TPSA) is 87.5 Å². The van der Waals surface area contributed by atoms with Gasteiger partial charge in [0.25, 0.3) is 0 Å². The lowest BCUT2D eigenvalue weighted by Gasteiger charge is -2.29. The SMILES string of the molecule is CCCCC(NC(N)=O)C(=O)N1CCCC1CNC. The smallest absolute Gasteiger partial charge is 0.312 e. The average molecular weight is 270 g/mol. The summed E-state index contributed by atoms with van der Waals surface area (Å²) in [6.07, 6.45) is 4.59. The maximum atomic E-state index is 12.5. The fourth-order valence-corrected chi connectivity index (χ4v) is 2.61. The second-order valence-electron chi connectivity index (χ2n) is 5.09. The number of urea groups is 1. The number of carbonyl (C=O) groups is 2. The van der Waals surface area contributed by atoms with Gasteiger partial charge < -0.3 is 21.3 Å². The molecule has 0 radical (unpaired) electrons. The molecule has 110 valence electrons. The zero-order chi connectivity index (χ0) is 14.3. The Bertz CT molecular complexity index is 309. The summed E-state index contributed by atoms with van der Waals surface area (Å²) in [4.78, 5) is 25.4. The summed E-state index contributed by atoms with van der Waals surface area (Å²) in [5, 5.41) is 5.69. The summed E-state index contributed by atoms with van der Waals surface area (Å²) in [5.41, 5.74) is 5.16. The van der Waals surface area contributed by atoms with E-state index in [2.05, 4.69) is 17.6 Å². The van der Waals surface area contributed by atoms with Gasteiger partial charge in [-0.05, 0) is 26.3 Å². The van der Waals surface area contributed by atoms with Crippen molar-refractivity contribution in [1.82, 2.24) is 15.5 Å². The Kier molecular flexibility index (Phi) is 6.62. The molecule has 2 unspecified atom stereocenters. The molecule has 0 aromatic rings. The maximum Gasteiger partial charge on any atom is 0.312 e. The third kappa shape index (κ3) is 4.70. The van der Waals surface area contributed by atoms with Crippen molar-refractivity contribution >= 4 is 11.9 Å². The molecule has 1 fully saturated rings. The number of nitrogens with one attached hydrogen (secondary N) is 2. The first kappa shape index (κ1) is 15.8. The van der Waals surface area contributed by atoms with E-state index in [1.165, 1.54) is 0 Å². The number of carbonyl (C=O) groups excluding carboxylic acids is 2. The lowest BCUT2D eigenvalue weighted by molar-refractivity contribution is -0.134. The summed E-state index contributed by atoms with van der Waals surface area (Å²) in [7, 11) is 1.89. The Labute approximate surface area is 115 Å². The predicted molar refractivity (Wildman–Crippen MR) is 74.7 cm³/mol. The largest absolute Gasteiger partial charge is 0.352 e. The van der Waals surface area contributed by atoms with Gasteiger partial charge in [0.05, 0.1) is 0 Å². The van der Waals surface area contributed by atoms with E-state index in [-0.39, 0.29) is 11.9 Å². The fourth-order valence-electron chi connectivity index (χ4n) is 2.61. The molecule has 0 aliphatic carbocycles. The number of nitrogens with two attached hydrogens (primary N) is 1. The zero-order valence-electron chi connectivity index (χ0n) is 11.9. The number of hydrogen-bond donors (Lipinski definition) is 3. The fraction of sp³-hybridized carbons (Fsp3) is 0.846. The van der Waals surface area contributed by atoms with Crippen molar-refractivity contribution in [2.45, 2.75) is 51.1 Å². The molecule has 0 aromatic carbocycles. The van der Waals surface area contributed by atoms with E-state index >= 15 is 0 Å². The highest BCUT2D eigenvalue weighted by atomic mass is 16.2. The van der Waals surface area contributed by atoms with Gasteiger partial charge in [-0.1, -0.05) is 19.8 Å². The summed E-state index contributed by atoms with van der Waals surface area (Å²) in [6, 6.07) is -0.870. The van der Waals surface area contributed by atoms with Gasteiger partial charge in [0, 0.05) is 19.1 Å². The van der Waals surface area contributed by atoms with Crippen molar-refractivity contribution in [2.24, 2.45) is 5.73 Å². The molecule has 19 heavy (non-hydrogen) atoms. The lowest BCUT2D eigenvalue weighted by atomic mass is 10.1. The van der Waals surface area contributed by atoms with Crippen LogP contribution in [-0.2, 0) is 4.79 Å². The number of likely N-dealkylation sites (N-methyl/N-ethyl adjacent to an activating group) is 1. The standard InChI is InChI=1S/C13H26N4O2/c1-3-4-7-11(16-13(14)19)12(18)17-8-5-6-10(17)9-15-2/h10-11,15H,3-9H2,1-2H3,(H3,14,16,19). The monoisotopic (exact) mass is 270 g/mol. The van der Waals surface area contributed by atoms with Crippen LogP contribution in [0.15, 0.2) is 0 Å². The number of nitrogens with zero attached hydrogens (tertiary/aromatic N) is 1. The molecule has 6 heteroatoms. The molecular weight excluding hydrogens is 244 g/mol. The Morgan fingerprint density at radius 3 is 2.79 bits per heavy atom. The van der Waals surface area contributed by atoms with Crippen molar-refractivity contribution in [3.8, 4) is 0 Å². The van der Waals surface area contributed by atoms with Crippen molar-refractivity contribution in [1.29, 1.82) is 0 Å². The van der Waals surface area contributed by atoms with Crippen LogP contribution in [-0.4, -0.2) is 49.1 Å². The van der Waals surface area contributed by atoms with Crippen LogP contribution < -0.4 is 16.4 Å². The Balaban J connectivity index is 2.65.